The van der Waals surface area contributed by atoms with Gasteiger partial charge in [0.2, 0.25) is 5.91 Å². The molecule has 5 heterocycles. The van der Waals surface area contributed by atoms with Crippen LogP contribution in [-0.4, -0.2) is 108 Å². The Morgan fingerprint density at radius 2 is 2.05 bits per heavy atom. The molecule has 5 rings (SSSR count). The summed E-state index contributed by atoms with van der Waals surface area (Å²) in [7, 11) is 0. The summed E-state index contributed by atoms with van der Waals surface area (Å²) >= 11 is 2.29. The summed E-state index contributed by atoms with van der Waals surface area (Å²) in [5.74, 6) is -2.88. The molecule has 1 aromatic heterocycles. The fourth-order valence-electron chi connectivity index (χ4n) is 4.75. The molecule has 0 radical (unpaired) electrons. The van der Waals surface area contributed by atoms with Crippen LogP contribution in [0.25, 0.3) is 0 Å². The molecule has 0 spiro atoms. The molecule has 2 atom stereocenters. The van der Waals surface area contributed by atoms with Crippen LogP contribution in [0.3, 0.4) is 0 Å². The number of nitrogens with two attached hydrogens (primary N) is 2. The van der Waals surface area contributed by atoms with Crippen LogP contribution in [0.5, 0.6) is 0 Å². The Morgan fingerprint density at radius 3 is 2.66 bits per heavy atom. The normalized spacial score (nSPS) is 24.9. The van der Waals surface area contributed by atoms with E-state index in [-0.39, 0.29) is 40.2 Å². The highest BCUT2D eigenvalue weighted by molar-refractivity contribution is 8.00. The highest BCUT2D eigenvalue weighted by atomic mass is 32.2. The van der Waals surface area contributed by atoms with Crippen LogP contribution >= 0.6 is 23.1 Å². The van der Waals surface area contributed by atoms with E-state index in [1.54, 1.807) is 15.9 Å². The number of hydrogen-bond donors (Lipinski definition) is 6. The number of β-lactam (4-membered cyclic amide) rings is 1. The number of thiazole rings is 1. The summed E-state index contributed by atoms with van der Waals surface area (Å²) in [6.07, 6.45) is 1.97. The number of guanidine groups is 1. The number of rotatable bonds is 6. The lowest BCUT2D eigenvalue weighted by Gasteiger charge is -2.49. The van der Waals surface area contributed by atoms with Crippen LogP contribution in [0.2, 0.25) is 0 Å². The number of thioether (sulfide) groups is 1. The molecule has 4 aliphatic heterocycles. The lowest BCUT2D eigenvalue weighted by atomic mass is 10.0. The highest BCUT2D eigenvalue weighted by Gasteiger charge is 2.54. The van der Waals surface area contributed by atoms with E-state index >= 15 is 0 Å². The molecule has 200 valence electrons. The molecule has 4 aliphatic rings. The van der Waals surface area contributed by atoms with E-state index in [4.69, 9.17) is 16.9 Å². The fourth-order valence-corrected chi connectivity index (χ4v) is 6.60. The van der Waals surface area contributed by atoms with E-state index in [9.17, 15) is 29.5 Å². The molecular formula is C21H23N9O6S2. The van der Waals surface area contributed by atoms with E-state index in [0.717, 1.165) is 16.2 Å². The number of amides is 3. The van der Waals surface area contributed by atoms with Crippen molar-refractivity contribution < 1.29 is 29.5 Å². The number of nitrogens with zero attached hydrogens (tertiary/aromatic N) is 5. The van der Waals surface area contributed by atoms with Gasteiger partial charge in [0.05, 0.1) is 6.04 Å². The number of aromatic nitrogens is 1. The van der Waals surface area contributed by atoms with Crippen molar-refractivity contribution in [3.8, 4) is 0 Å². The van der Waals surface area contributed by atoms with Gasteiger partial charge in [0.1, 0.15) is 22.8 Å². The summed E-state index contributed by atoms with van der Waals surface area (Å²) < 4.78 is 0. The number of nitrogens with one attached hydrogen (secondary N) is 2. The van der Waals surface area contributed by atoms with Crippen molar-refractivity contribution in [3.63, 3.8) is 0 Å². The molecule has 0 bridgehead atoms. The van der Waals surface area contributed by atoms with Gasteiger partial charge in [-0.2, -0.15) is 0 Å². The summed E-state index contributed by atoms with van der Waals surface area (Å²) in [6.45, 7) is 1.43. The first-order valence-corrected chi connectivity index (χ1v) is 13.3. The lowest BCUT2D eigenvalue weighted by molar-refractivity contribution is -0.150. The molecule has 3 amide bonds. The van der Waals surface area contributed by atoms with Crippen molar-refractivity contribution in [1.29, 1.82) is 5.41 Å². The van der Waals surface area contributed by atoms with E-state index in [0.29, 0.717) is 37.2 Å². The average Bonchev–Trinajstić information content (AvgIpc) is 3.42. The van der Waals surface area contributed by atoms with Crippen LogP contribution < -0.4 is 16.8 Å². The molecule has 3 fully saturated rings. The summed E-state index contributed by atoms with van der Waals surface area (Å²) in [5.41, 5.74) is 11.2. The number of oxime groups is 1. The van der Waals surface area contributed by atoms with Gasteiger partial charge >= 0.3 is 5.97 Å². The largest absolute Gasteiger partial charge is 0.477 e. The predicted molar refractivity (Wildman–Crippen MR) is 136 cm³/mol. The second-order valence-electron chi connectivity index (χ2n) is 8.92. The molecule has 0 saturated carbocycles. The van der Waals surface area contributed by atoms with Crippen molar-refractivity contribution in [2.24, 2.45) is 10.9 Å². The zero-order valence-electron chi connectivity index (χ0n) is 19.7. The first-order chi connectivity index (χ1) is 18.1. The van der Waals surface area contributed by atoms with Crippen molar-refractivity contribution in [1.82, 2.24) is 25.0 Å². The van der Waals surface area contributed by atoms with Gasteiger partial charge in [-0.1, -0.05) is 5.16 Å². The quantitative estimate of drug-likeness (QED) is 0.0577. The molecule has 38 heavy (non-hydrogen) atoms. The molecule has 8 N–H and O–H groups in total. The highest BCUT2D eigenvalue weighted by Crippen LogP contribution is 2.41. The zero-order chi connectivity index (χ0) is 27.3. The molecule has 17 heteroatoms. The van der Waals surface area contributed by atoms with Gasteiger partial charge in [0.15, 0.2) is 16.8 Å². The predicted octanol–water partition coefficient (Wildman–Crippen LogP) is -1.62. The Labute approximate surface area is 223 Å². The number of aliphatic carboxylic acids is 1. The van der Waals surface area contributed by atoms with Gasteiger partial charge in [0, 0.05) is 36.3 Å². The van der Waals surface area contributed by atoms with E-state index in [1.807, 2.05) is 0 Å². The third kappa shape index (κ3) is 4.22. The van der Waals surface area contributed by atoms with E-state index in [2.05, 4.69) is 15.5 Å². The van der Waals surface area contributed by atoms with Crippen LogP contribution in [0.4, 0.5) is 5.13 Å². The van der Waals surface area contributed by atoms with Gasteiger partial charge in [-0.05, 0) is 18.1 Å². The second kappa shape index (κ2) is 9.64. The number of carbonyl (C=O) groups is 4. The topological polar surface area (TPSA) is 232 Å². The Balaban J connectivity index is 1.30. The minimum absolute atomic E-state index is 0.0404. The monoisotopic (exact) mass is 561 g/mol. The maximum Gasteiger partial charge on any atom is 0.352 e. The van der Waals surface area contributed by atoms with E-state index < -0.39 is 34.9 Å². The smallest absolute Gasteiger partial charge is 0.352 e. The van der Waals surface area contributed by atoms with Gasteiger partial charge in [-0.25, -0.2) is 9.78 Å². The Morgan fingerprint density at radius 1 is 1.32 bits per heavy atom. The van der Waals surface area contributed by atoms with Gasteiger partial charge < -0.3 is 36.9 Å². The summed E-state index contributed by atoms with van der Waals surface area (Å²) in [6, 6.07) is -1.11. The Kier molecular flexibility index (Phi) is 6.47. The molecule has 1 aromatic rings. The van der Waals surface area contributed by atoms with E-state index in [1.165, 1.54) is 17.1 Å². The molecule has 3 saturated heterocycles. The Bertz CT molecular complexity index is 1350. The number of fused-ring (bicyclic) bond motifs is 1. The second-order valence-corrected chi connectivity index (χ2v) is 10.9. The maximum atomic E-state index is 13.0. The first-order valence-electron chi connectivity index (χ1n) is 11.4. The molecule has 2 unspecified atom stereocenters. The number of likely N-dealkylation sites (tertiary alicyclic amines) is 2. The van der Waals surface area contributed by atoms with Crippen LogP contribution in [0, 0.1) is 5.41 Å². The van der Waals surface area contributed by atoms with Crippen LogP contribution in [0.1, 0.15) is 12.1 Å². The third-order valence-electron chi connectivity index (χ3n) is 6.72. The van der Waals surface area contributed by atoms with Crippen molar-refractivity contribution in [2.75, 3.05) is 31.1 Å². The minimum atomic E-state index is -1.32. The average molecular weight is 562 g/mol. The number of nitrogen functional groups attached to an aromatic ring is 1. The number of allylic oxidation sites excluding steroid dienone is 1. The maximum absolute atomic E-state index is 13.0. The molecule has 0 aromatic carbocycles. The van der Waals surface area contributed by atoms with Crippen LogP contribution in [-0.2, 0) is 19.2 Å². The van der Waals surface area contributed by atoms with Gasteiger partial charge in [0.25, 0.3) is 11.8 Å². The lowest BCUT2D eigenvalue weighted by Crippen LogP contribution is -2.71. The van der Waals surface area contributed by atoms with Gasteiger partial charge in [-0.3, -0.25) is 24.7 Å². The van der Waals surface area contributed by atoms with Crippen LogP contribution in [0.15, 0.2) is 33.5 Å². The van der Waals surface area contributed by atoms with Crippen molar-refractivity contribution >= 4 is 63.6 Å². The molecular weight excluding hydrogens is 538 g/mol. The summed E-state index contributed by atoms with van der Waals surface area (Å²) in [4.78, 5) is 59.1. The standard InChI is InChI=1S/C21H23N9O6S2/c22-20(23)28-4-10(5-28)29-2-1-8(16(29)32)3-9-6-37-18-13(17(33)30(18)14(9)19(34)35)26-15(31)12(27-36)11-7-38-21(24)25-11/h3,7,10,13,18,36H,1-2,4-6H2,(H3,22,23)(H2,24,25)(H,26,31)(H,34,35)/b8-3?,27-12-. The van der Waals surface area contributed by atoms with Crippen molar-refractivity contribution in [3.05, 3.63) is 34.0 Å². The number of carboxylic acid groups (broad SMARTS) is 1. The summed E-state index contributed by atoms with van der Waals surface area (Å²) in [5, 5.41) is 33.0. The fraction of sp³-hybridized carbons (Fsp3) is 0.381. The number of anilines is 1. The molecule has 15 nitrogen and oxygen atoms in total. The number of carboxylic acids is 1. The Hall–Kier alpha value is -4.12. The minimum Gasteiger partial charge on any atom is -0.477 e. The third-order valence-corrected chi connectivity index (χ3v) is 8.69. The first kappa shape index (κ1) is 25.5. The number of hydrogen-bond acceptors (Lipinski definition) is 11. The van der Waals surface area contributed by atoms with Crippen molar-refractivity contribution in [2.45, 2.75) is 23.9 Å². The number of carbonyl (C=O) groups excluding carboxylic acids is 3. The SMILES string of the molecule is N=C(N)N1CC(N2CCC(=CC3=C(C(=O)O)N4C(=O)C(NC(=O)/C(=N\O)c5csc(N)n5)C4SC3)C2=O)C1. The van der Waals surface area contributed by atoms with Gasteiger partial charge in [-0.15, -0.1) is 23.1 Å². The molecule has 0 aliphatic carbocycles. The zero-order valence-corrected chi connectivity index (χ0v) is 21.3.